The van der Waals surface area contributed by atoms with Crippen molar-refractivity contribution in [3.63, 3.8) is 0 Å². The number of carbonyl (C=O) groups excluding carboxylic acids is 2. The minimum Gasteiger partial charge on any atom is -0.458 e. The number of ether oxygens (including phenoxy) is 2. The summed E-state index contributed by atoms with van der Waals surface area (Å²) < 4.78 is 9.96. The van der Waals surface area contributed by atoms with Gasteiger partial charge >= 0.3 is 11.9 Å². The second-order valence-corrected chi connectivity index (χ2v) is 3.60. The van der Waals surface area contributed by atoms with Gasteiger partial charge in [-0.2, -0.15) is 0 Å². The molecule has 0 aromatic rings. The van der Waals surface area contributed by atoms with Gasteiger partial charge in [0.05, 0.1) is 0 Å². The summed E-state index contributed by atoms with van der Waals surface area (Å²) in [4.78, 5) is 21.6. The number of hydrogen-bond acceptors (Lipinski definition) is 4. The lowest BCUT2D eigenvalue weighted by molar-refractivity contribution is -0.144. The zero-order valence-corrected chi connectivity index (χ0v) is 9.80. The molecular weight excluding hydrogens is 220 g/mol. The first-order valence-electron chi connectivity index (χ1n) is 5.21. The van der Waals surface area contributed by atoms with Crippen molar-refractivity contribution >= 4 is 11.9 Å². The maximum atomic E-state index is 10.8. The van der Waals surface area contributed by atoms with E-state index < -0.39 is 12.1 Å². The molecule has 0 saturated carbocycles. The van der Waals surface area contributed by atoms with Gasteiger partial charge in [-0.25, -0.2) is 0 Å². The van der Waals surface area contributed by atoms with Crippen LogP contribution in [0.2, 0.25) is 0 Å². The smallest absolute Gasteiger partial charge is 0.304 e. The van der Waals surface area contributed by atoms with Crippen LogP contribution in [-0.4, -0.2) is 24.1 Å². The third-order valence-electron chi connectivity index (χ3n) is 2.14. The van der Waals surface area contributed by atoms with Gasteiger partial charge in [0.15, 0.2) is 6.10 Å². The van der Waals surface area contributed by atoms with Crippen molar-refractivity contribution in [3.05, 3.63) is 23.8 Å². The molecule has 0 spiro atoms. The Bertz CT molecular complexity index is 412. The second kappa shape index (κ2) is 5.90. The largest absolute Gasteiger partial charge is 0.458 e. The van der Waals surface area contributed by atoms with Gasteiger partial charge in [0.2, 0.25) is 0 Å². The average molecular weight is 234 g/mol. The van der Waals surface area contributed by atoms with Gasteiger partial charge < -0.3 is 9.47 Å². The molecule has 0 heterocycles. The summed E-state index contributed by atoms with van der Waals surface area (Å²) in [6.45, 7) is 2.66. The second-order valence-electron chi connectivity index (χ2n) is 3.60. The van der Waals surface area contributed by atoms with Crippen molar-refractivity contribution in [3.8, 4) is 12.3 Å². The van der Waals surface area contributed by atoms with Crippen LogP contribution in [0.15, 0.2) is 23.8 Å². The van der Waals surface area contributed by atoms with E-state index >= 15 is 0 Å². The molecule has 4 nitrogen and oxygen atoms in total. The van der Waals surface area contributed by atoms with Gasteiger partial charge in [-0.15, -0.1) is 6.42 Å². The fourth-order valence-electron chi connectivity index (χ4n) is 1.48. The quantitative estimate of drug-likeness (QED) is 0.546. The molecule has 1 rings (SSSR count). The Morgan fingerprint density at radius 1 is 1.47 bits per heavy atom. The molecule has 0 radical (unpaired) electrons. The maximum Gasteiger partial charge on any atom is 0.304 e. The SMILES string of the molecule is C#CC(OC(C)=O)C1=CCC(OC(C)=O)C=C1. The van der Waals surface area contributed by atoms with Crippen LogP contribution in [0.25, 0.3) is 0 Å². The highest BCUT2D eigenvalue weighted by Crippen LogP contribution is 2.18. The Morgan fingerprint density at radius 3 is 2.59 bits per heavy atom. The van der Waals surface area contributed by atoms with Crippen LogP contribution in [0.4, 0.5) is 0 Å². The van der Waals surface area contributed by atoms with Crippen molar-refractivity contribution in [2.24, 2.45) is 0 Å². The summed E-state index contributed by atoms with van der Waals surface area (Å²) >= 11 is 0. The molecule has 2 unspecified atom stereocenters. The first-order valence-corrected chi connectivity index (χ1v) is 5.21. The average Bonchev–Trinajstić information content (AvgIpc) is 2.26. The third kappa shape index (κ3) is 4.15. The van der Waals surface area contributed by atoms with Crippen molar-refractivity contribution in [1.82, 2.24) is 0 Å². The van der Waals surface area contributed by atoms with Gasteiger partial charge in [0.1, 0.15) is 6.10 Å². The van der Waals surface area contributed by atoms with Crippen molar-refractivity contribution in [2.45, 2.75) is 32.5 Å². The molecule has 4 heteroatoms. The molecule has 90 valence electrons. The molecule has 0 aromatic heterocycles. The highest BCUT2D eigenvalue weighted by molar-refractivity contribution is 5.67. The Labute approximate surface area is 100 Å². The lowest BCUT2D eigenvalue weighted by Crippen LogP contribution is -2.20. The van der Waals surface area contributed by atoms with E-state index in [2.05, 4.69) is 5.92 Å². The molecule has 0 saturated heterocycles. The van der Waals surface area contributed by atoms with E-state index in [4.69, 9.17) is 15.9 Å². The van der Waals surface area contributed by atoms with Crippen LogP contribution in [0.1, 0.15) is 20.3 Å². The molecule has 0 fully saturated rings. The predicted octanol–water partition coefficient (Wildman–Crippen LogP) is 1.37. The Balaban J connectivity index is 2.62. The van der Waals surface area contributed by atoms with Gasteiger partial charge in [-0.3, -0.25) is 9.59 Å². The van der Waals surface area contributed by atoms with Crippen LogP contribution < -0.4 is 0 Å². The number of hydrogen-bond donors (Lipinski definition) is 0. The van der Waals surface area contributed by atoms with Gasteiger partial charge in [0, 0.05) is 25.8 Å². The Hall–Kier alpha value is -2.02. The van der Waals surface area contributed by atoms with Crippen molar-refractivity contribution in [1.29, 1.82) is 0 Å². The first kappa shape index (κ1) is 13.0. The van der Waals surface area contributed by atoms with E-state index in [1.54, 1.807) is 18.2 Å². The highest BCUT2D eigenvalue weighted by atomic mass is 16.5. The number of esters is 2. The van der Waals surface area contributed by atoms with Crippen LogP contribution in [0.3, 0.4) is 0 Å². The lowest BCUT2D eigenvalue weighted by Gasteiger charge is -2.19. The summed E-state index contributed by atoms with van der Waals surface area (Å²) in [6, 6.07) is 0. The van der Waals surface area contributed by atoms with Gasteiger partial charge in [-0.05, 0) is 6.08 Å². The maximum absolute atomic E-state index is 10.8. The predicted molar refractivity (Wildman–Crippen MR) is 61.8 cm³/mol. The van der Waals surface area contributed by atoms with Crippen LogP contribution in [-0.2, 0) is 19.1 Å². The molecular formula is C13H14O4. The fourth-order valence-corrected chi connectivity index (χ4v) is 1.48. The van der Waals surface area contributed by atoms with E-state index in [0.29, 0.717) is 6.42 Å². The molecule has 2 atom stereocenters. The topological polar surface area (TPSA) is 52.6 Å². The molecule has 17 heavy (non-hydrogen) atoms. The van der Waals surface area contributed by atoms with Crippen LogP contribution in [0.5, 0.6) is 0 Å². The summed E-state index contributed by atoms with van der Waals surface area (Å²) in [5.41, 5.74) is 0.728. The summed E-state index contributed by atoms with van der Waals surface area (Å²) in [5, 5.41) is 0. The van der Waals surface area contributed by atoms with E-state index in [0.717, 1.165) is 5.57 Å². The Kier molecular flexibility index (Phi) is 4.53. The minimum atomic E-state index is -0.679. The van der Waals surface area contributed by atoms with Crippen LogP contribution >= 0.6 is 0 Å². The molecule has 0 amide bonds. The molecule has 1 aliphatic carbocycles. The van der Waals surface area contributed by atoms with Gasteiger partial charge in [0.25, 0.3) is 0 Å². The van der Waals surface area contributed by atoms with Crippen molar-refractivity contribution < 1.29 is 19.1 Å². The number of carbonyl (C=O) groups is 2. The lowest BCUT2D eigenvalue weighted by atomic mass is 10.0. The summed E-state index contributed by atoms with van der Waals surface area (Å²) in [6.07, 6.45) is 10.1. The van der Waals surface area contributed by atoms with Crippen LogP contribution in [0, 0.1) is 12.3 Å². The molecule has 0 aliphatic heterocycles. The summed E-state index contributed by atoms with van der Waals surface area (Å²) in [5.74, 6) is 1.63. The van der Waals surface area contributed by atoms with E-state index in [1.807, 2.05) is 0 Å². The summed E-state index contributed by atoms with van der Waals surface area (Å²) in [7, 11) is 0. The van der Waals surface area contributed by atoms with E-state index in [-0.39, 0.29) is 12.1 Å². The number of rotatable bonds is 3. The Morgan fingerprint density at radius 2 is 2.18 bits per heavy atom. The zero-order chi connectivity index (χ0) is 12.8. The monoisotopic (exact) mass is 234 g/mol. The normalized spacial score (nSPS) is 19.8. The van der Waals surface area contributed by atoms with E-state index in [9.17, 15) is 9.59 Å². The molecule has 0 N–H and O–H groups in total. The third-order valence-corrected chi connectivity index (χ3v) is 2.14. The van der Waals surface area contributed by atoms with Gasteiger partial charge in [-0.1, -0.05) is 18.1 Å². The first-order chi connectivity index (χ1) is 8.02. The minimum absolute atomic E-state index is 0.271. The zero-order valence-electron chi connectivity index (χ0n) is 9.80. The van der Waals surface area contributed by atoms with Crippen molar-refractivity contribution in [2.75, 3.05) is 0 Å². The molecule has 0 aromatic carbocycles. The molecule has 0 bridgehead atoms. The van der Waals surface area contributed by atoms with E-state index in [1.165, 1.54) is 13.8 Å². The standard InChI is InChI=1S/C13H14O4/c1-4-13(17-10(3)15)11-5-7-12(8-6-11)16-9(2)14/h1,5-7,12-13H,8H2,2-3H3. The number of terminal acetylenes is 1. The fraction of sp³-hybridized carbons (Fsp3) is 0.385. The highest BCUT2D eigenvalue weighted by Gasteiger charge is 2.17. The molecule has 1 aliphatic rings.